The van der Waals surface area contributed by atoms with Gasteiger partial charge in [-0.1, -0.05) is 6.07 Å². The summed E-state index contributed by atoms with van der Waals surface area (Å²) in [6, 6.07) is 3.24. The van der Waals surface area contributed by atoms with Crippen LogP contribution in [-0.2, 0) is 14.3 Å². The van der Waals surface area contributed by atoms with Gasteiger partial charge >= 0.3 is 0 Å². The third kappa shape index (κ3) is 4.49. The SMILES string of the molecule is O=C(CC(=O)Nc1c(F)cccc1F)NCC1CCCO1. The van der Waals surface area contributed by atoms with Gasteiger partial charge in [-0.3, -0.25) is 9.59 Å². The molecule has 1 aromatic rings. The van der Waals surface area contributed by atoms with Crippen LogP contribution in [0.1, 0.15) is 19.3 Å². The molecule has 1 heterocycles. The molecule has 1 aliphatic rings. The van der Waals surface area contributed by atoms with Crippen molar-refractivity contribution in [1.82, 2.24) is 5.32 Å². The minimum absolute atomic E-state index is 0.0268. The Labute approximate surface area is 120 Å². The molecule has 2 N–H and O–H groups in total. The fourth-order valence-electron chi connectivity index (χ4n) is 2.04. The first-order chi connectivity index (χ1) is 10.1. The molecule has 2 rings (SSSR count). The average Bonchev–Trinajstić information content (AvgIpc) is 2.94. The summed E-state index contributed by atoms with van der Waals surface area (Å²) in [5, 5.41) is 4.61. The summed E-state index contributed by atoms with van der Waals surface area (Å²) >= 11 is 0. The maximum Gasteiger partial charge on any atom is 0.233 e. The van der Waals surface area contributed by atoms with Crippen LogP contribution in [0, 0.1) is 11.6 Å². The zero-order valence-electron chi connectivity index (χ0n) is 11.3. The smallest absolute Gasteiger partial charge is 0.233 e. The van der Waals surface area contributed by atoms with E-state index in [1.807, 2.05) is 0 Å². The number of anilines is 1. The lowest BCUT2D eigenvalue weighted by molar-refractivity contribution is -0.127. The summed E-state index contributed by atoms with van der Waals surface area (Å²) < 4.78 is 32.0. The first kappa shape index (κ1) is 15.4. The van der Waals surface area contributed by atoms with Crippen molar-refractivity contribution in [2.24, 2.45) is 0 Å². The van der Waals surface area contributed by atoms with Gasteiger partial charge in [0.25, 0.3) is 0 Å². The molecule has 114 valence electrons. The van der Waals surface area contributed by atoms with E-state index in [0.717, 1.165) is 25.0 Å². The number of para-hydroxylation sites is 1. The van der Waals surface area contributed by atoms with Crippen LogP contribution < -0.4 is 10.6 Å². The van der Waals surface area contributed by atoms with E-state index in [1.165, 1.54) is 6.07 Å². The van der Waals surface area contributed by atoms with Crippen molar-refractivity contribution in [2.45, 2.75) is 25.4 Å². The molecule has 0 spiro atoms. The van der Waals surface area contributed by atoms with E-state index in [-0.39, 0.29) is 6.10 Å². The summed E-state index contributed by atoms with van der Waals surface area (Å²) in [6.45, 7) is 1.01. The Morgan fingerprint density at radius 2 is 1.95 bits per heavy atom. The van der Waals surface area contributed by atoms with Crippen molar-refractivity contribution < 1.29 is 23.1 Å². The summed E-state index contributed by atoms with van der Waals surface area (Å²) in [6.07, 6.45) is 1.29. The summed E-state index contributed by atoms with van der Waals surface area (Å²) in [4.78, 5) is 23.1. The Balaban J connectivity index is 1.79. The third-order valence-corrected chi connectivity index (χ3v) is 3.10. The van der Waals surface area contributed by atoms with Crippen LogP contribution in [0.15, 0.2) is 18.2 Å². The molecular formula is C14H16F2N2O3. The minimum Gasteiger partial charge on any atom is -0.376 e. The molecule has 0 bridgehead atoms. The van der Waals surface area contributed by atoms with E-state index in [0.29, 0.717) is 13.2 Å². The van der Waals surface area contributed by atoms with Crippen LogP contribution in [0.4, 0.5) is 14.5 Å². The van der Waals surface area contributed by atoms with Crippen molar-refractivity contribution in [2.75, 3.05) is 18.5 Å². The Bertz CT molecular complexity index is 511. The number of carbonyl (C=O) groups is 2. The van der Waals surface area contributed by atoms with Gasteiger partial charge in [-0.05, 0) is 25.0 Å². The second kappa shape index (κ2) is 7.12. The molecule has 21 heavy (non-hydrogen) atoms. The standard InChI is InChI=1S/C14H16F2N2O3/c15-10-4-1-5-11(16)14(10)18-13(20)7-12(19)17-8-9-3-2-6-21-9/h1,4-5,9H,2-3,6-8H2,(H,17,19)(H,18,20). The number of hydrogen-bond acceptors (Lipinski definition) is 3. The number of benzene rings is 1. The van der Waals surface area contributed by atoms with Crippen LogP contribution in [0.25, 0.3) is 0 Å². The molecule has 7 heteroatoms. The topological polar surface area (TPSA) is 67.4 Å². The molecule has 1 aliphatic heterocycles. The van der Waals surface area contributed by atoms with Crippen LogP contribution in [-0.4, -0.2) is 31.1 Å². The monoisotopic (exact) mass is 298 g/mol. The van der Waals surface area contributed by atoms with Crippen molar-refractivity contribution in [3.8, 4) is 0 Å². The second-order valence-electron chi connectivity index (χ2n) is 4.76. The van der Waals surface area contributed by atoms with Crippen LogP contribution in [0.3, 0.4) is 0 Å². The van der Waals surface area contributed by atoms with Gasteiger partial charge in [0.2, 0.25) is 11.8 Å². The van der Waals surface area contributed by atoms with E-state index in [2.05, 4.69) is 10.6 Å². The molecule has 1 saturated heterocycles. The number of amides is 2. The van der Waals surface area contributed by atoms with Crippen LogP contribution in [0.2, 0.25) is 0 Å². The van der Waals surface area contributed by atoms with E-state index >= 15 is 0 Å². The molecule has 0 saturated carbocycles. The van der Waals surface area contributed by atoms with Gasteiger partial charge in [0.15, 0.2) is 0 Å². The zero-order chi connectivity index (χ0) is 15.2. The average molecular weight is 298 g/mol. The zero-order valence-corrected chi connectivity index (χ0v) is 11.3. The molecule has 0 radical (unpaired) electrons. The third-order valence-electron chi connectivity index (χ3n) is 3.10. The first-order valence-electron chi connectivity index (χ1n) is 6.68. The second-order valence-corrected chi connectivity index (χ2v) is 4.76. The molecule has 2 amide bonds. The number of carbonyl (C=O) groups excluding carboxylic acids is 2. The van der Waals surface area contributed by atoms with Gasteiger partial charge in [0, 0.05) is 13.2 Å². The molecular weight excluding hydrogens is 282 g/mol. The lowest BCUT2D eigenvalue weighted by Gasteiger charge is -2.11. The van der Waals surface area contributed by atoms with Crippen LogP contribution in [0.5, 0.6) is 0 Å². The highest BCUT2D eigenvalue weighted by Crippen LogP contribution is 2.18. The lowest BCUT2D eigenvalue weighted by Crippen LogP contribution is -2.34. The van der Waals surface area contributed by atoms with Crippen molar-refractivity contribution in [1.29, 1.82) is 0 Å². The molecule has 1 aromatic carbocycles. The quantitative estimate of drug-likeness (QED) is 0.811. The fourth-order valence-corrected chi connectivity index (χ4v) is 2.04. The van der Waals surface area contributed by atoms with Crippen molar-refractivity contribution in [3.05, 3.63) is 29.8 Å². The Kier molecular flexibility index (Phi) is 5.21. The van der Waals surface area contributed by atoms with E-state index in [1.54, 1.807) is 0 Å². The van der Waals surface area contributed by atoms with Gasteiger partial charge in [0.1, 0.15) is 23.7 Å². The highest BCUT2D eigenvalue weighted by atomic mass is 19.1. The molecule has 1 unspecified atom stereocenters. The Morgan fingerprint density at radius 1 is 1.24 bits per heavy atom. The molecule has 1 fully saturated rings. The summed E-state index contributed by atoms with van der Waals surface area (Å²) in [5.41, 5.74) is -0.547. The predicted molar refractivity (Wildman–Crippen MR) is 71.6 cm³/mol. The van der Waals surface area contributed by atoms with Gasteiger partial charge < -0.3 is 15.4 Å². The predicted octanol–water partition coefficient (Wildman–Crippen LogP) is 1.59. The maximum atomic E-state index is 13.3. The van der Waals surface area contributed by atoms with Gasteiger partial charge in [-0.2, -0.15) is 0 Å². The van der Waals surface area contributed by atoms with E-state index in [9.17, 15) is 18.4 Å². The number of hydrogen-bond donors (Lipinski definition) is 2. The minimum atomic E-state index is -0.886. The number of rotatable bonds is 5. The van der Waals surface area contributed by atoms with Crippen LogP contribution >= 0.6 is 0 Å². The normalized spacial score (nSPS) is 17.5. The summed E-state index contributed by atoms with van der Waals surface area (Å²) in [7, 11) is 0. The maximum absolute atomic E-state index is 13.3. The lowest BCUT2D eigenvalue weighted by atomic mass is 10.2. The molecule has 0 aromatic heterocycles. The van der Waals surface area contributed by atoms with Gasteiger partial charge in [-0.25, -0.2) is 8.78 Å². The van der Waals surface area contributed by atoms with E-state index in [4.69, 9.17) is 4.74 Å². The highest BCUT2D eigenvalue weighted by Gasteiger charge is 2.18. The molecule has 1 atom stereocenters. The molecule has 0 aliphatic carbocycles. The number of halogens is 2. The Morgan fingerprint density at radius 3 is 2.57 bits per heavy atom. The molecule has 5 nitrogen and oxygen atoms in total. The first-order valence-corrected chi connectivity index (χ1v) is 6.68. The fraction of sp³-hybridized carbons (Fsp3) is 0.429. The summed E-state index contributed by atoms with van der Waals surface area (Å²) in [5.74, 6) is -3.06. The van der Waals surface area contributed by atoms with Gasteiger partial charge in [0.05, 0.1) is 6.10 Å². The van der Waals surface area contributed by atoms with Gasteiger partial charge in [-0.15, -0.1) is 0 Å². The van der Waals surface area contributed by atoms with E-state index < -0.39 is 35.6 Å². The number of ether oxygens (including phenoxy) is 1. The number of nitrogens with one attached hydrogen (secondary N) is 2. The largest absolute Gasteiger partial charge is 0.376 e. The highest BCUT2D eigenvalue weighted by molar-refractivity contribution is 6.03. The van der Waals surface area contributed by atoms with Crippen molar-refractivity contribution >= 4 is 17.5 Å². The Hall–Kier alpha value is -2.02. The van der Waals surface area contributed by atoms with Crippen molar-refractivity contribution in [3.63, 3.8) is 0 Å².